The van der Waals surface area contributed by atoms with Crippen LogP contribution in [0, 0.1) is 5.82 Å². The van der Waals surface area contributed by atoms with Gasteiger partial charge in [-0.1, -0.05) is 38.7 Å². The summed E-state index contributed by atoms with van der Waals surface area (Å²) in [6.07, 6.45) is 7.77. The molecule has 2 aliphatic heterocycles. The molecule has 1 saturated heterocycles. The van der Waals surface area contributed by atoms with Gasteiger partial charge in [-0.05, 0) is 42.6 Å². The summed E-state index contributed by atoms with van der Waals surface area (Å²) >= 11 is 0. The summed E-state index contributed by atoms with van der Waals surface area (Å²) in [5.74, 6) is -0.0858. The molecule has 0 aromatic heterocycles. The highest BCUT2D eigenvalue weighted by atomic mass is 19.1. The van der Waals surface area contributed by atoms with Crippen LogP contribution >= 0.6 is 0 Å². The molecule has 1 unspecified atom stereocenters. The van der Waals surface area contributed by atoms with Crippen molar-refractivity contribution >= 4 is 0 Å². The first-order valence-electron chi connectivity index (χ1n) is 9.02. The van der Waals surface area contributed by atoms with Gasteiger partial charge in [0, 0.05) is 32.2 Å². The van der Waals surface area contributed by atoms with Gasteiger partial charge in [0.25, 0.3) is 0 Å². The van der Waals surface area contributed by atoms with Crippen molar-refractivity contribution in [3.05, 3.63) is 35.1 Å². The van der Waals surface area contributed by atoms with E-state index in [1.807, 2.05) is 6.07 Å². The van der Waals surface area contributed by atoms with E-state index < -0.39 is 0 Å². The average Bonchev–Trinajstić information content (AvgIpc) is 2.54. The number of fused-ring (bicyclic) bond motifs is 3. The topological polar surface area (TPSA) is 6.48 Å². The molecule has 0 spiro atoms. The van der Waals surface area contributed by atoms with E-state index in [0.29, 0.717) is 6.04 Å². The van der Waals surface area contributed by atoms with E-state index in [0.717, 1.165) is 26.1 Å². The van der Waals surface area contributed by atoms with Crippen LogP contribution in [0.25, 0.3) is 0 Å². The van der Waals surface area contributed by atoms with Crippen molar-refractivity contribution in [3.63, 3.8) is 0 Å². The van der Waals surface area contributed by atoms with E-state index in [1.165, 1.54) is 56.3 Å². The Morgan fingerprint density at radius 1 is 1.09 bits per heavy atom. The van der Waals surface area contributed by atoms with Crippen LogP contribution in [-0.2, 0) is 6.42 Å². The summed E-state index contributed by atoms with van der Waals surface area (Å²) in [5.41, 5.74) is 2.59. The summed E-state index contributed by atoms with van der Waals surface area (Å²) < 4.78 is 13.6. The van der Waals surface area contributed by atoms with Gasteiger partial charge in [-0.3, -0.25) is 4.90 Å². The molecule has 0 bridgehead atoms. The molecule has 0 N–H and O–H groups in total. The van der Waals surface area contributed by atoms with E-state index in [-0.39, 0.29) is 5.82 Å². The third-order valence-corrected chi connectivity index (χ3v) is 5.29. The van der Waals surface area contributed by atoms with Crippen LogP contribution in [0.1, 0.15) is 56.2 Å². The normalized spacial score (nSPS) is 22.4. The molecule has 2 nitrogen and oxygen atoms in total. The van der Waals surface area contributed by atoms with Gasteiger partial charge in [-0.25, -0.2) is 4.39 Å². The number of halogens is 1. The third-order valence-electron chi connectivity index (χ3n) is 5.29. The van der Waals surface area contributed by atoms with Gasteiger partial charge in [0.1, 0.15) is 5.82 Å². The first-order chi connectivity index (χ1) is 10.8. The van der Waals surface area contributed by atoms with Crippen molar-refractivity contribution in [3.8, 4) is 0 Å². The SMILES string of the molecule is CCCCCCCN1CCN2CCc3ccc(F)cc3C2C1. The van der Waals surface area contributed by atoms with Crippen molar-refractivity contribution in [1.82, 2.24) is 9.80 Å². The third kappa shape index (κ3) is 3.69. The molecule has 0 amide bonds. The van der Waals surface area contributed by atoms with Crippen molar-refractivity contribution in [2.75, 3.05) is 32.7 Å². The van der Waals surface area contributed by atoms with Crippen LogP contribution in [0.15, 0.2) is 18.2 Å². The molecule has 1 aromatic rings. The summed E-state index contributed by atoms with van der Waals surface area (Å²) in [4.78, 5) is 5.14. The fraction of sp³-hybridized carbons (Fsp3) is 0.684. The Labute approximate surface area is 134 Å². The second kappa shape index (κ2) is 7.56. The Bertz CT molecular complexity index is 488. The van der Waals surface area contributed by atoms with Crippen molar-refractivity contribution < 1.29 is 4.39 Å². The van der Waals surface area contributed by atoms with Gasteiger partial charge in [-0.15, -0.1) is 0 Å². The number of benzene rings is 1. The van der Waals surface area contributed by atoms with E-state index in [2.05, 4.69) is 16.7 Å². The van der Waals surface area contributed by atoms with Gasteiger partial charge in [-0.2, -0.15) is 0 Å². The molecule has 1 fully saturated rings. The summed E-state index contributed by atoms with van der Waals surface area (Å²) in [5, 5.41) is 0. The molecule has 2 heterocycles. The minimum Gasteiger partial charge on any atom is -0.300 e. The van der Waals surface area contributed by atoms with Crippen molar-refractivity contribution in [2.24, 2.45) is 0 Å². The molecular weight excluding hydrogens is 275 g/mol. The highest BCUT2D eigenvalue weighted by molar-refractivity contribution is 5.34. The monoisotopic (exact) mass is 304 g/mol. The Morgan fingerprint density at radius 3 is 2.82 bits per heavy atom. The van der Waals surface area contributed by atoms with Crippen LogP contribution in [0.4, 0.5) is 4.39 Å². The second-order valence-electron chi connectivity index (χ2n) is 6.86. The lowest BCUT2D eigenvalue weighted by Crippen LogP contribution is -2.51. The quantitative estimate of drug-likeness (QED) is 0.733. The van der Waals surface area contributed by atoms with Crippen LogP contribution < -0.4 is 0 Å². The van der Waals surface area contributed by atoms with Crippen LogP contribution in [0.3, 0.4) is 0 Å². The standard InChI is InChI=1S/C19H29FN2/c1-2-3-4-5-6-10-21-12-13-22-11-9-16-7-8-17(20)14-18(16)19(22)15-21/h7-8,14,19H,2-6,9-13,15H2,1H3. The highest BCUT2D eigenvalue weighted by Gasteiger charge is 2.32. The molecule has 0 aliphatic carbocycles. The van der Waals surface area contributed by atoms with Gasteiger partial charge in [0.05, 0.1) is 0 Å². The largest absolute Gasteiger partial charge is 0.300 e. The van der Waals surface area contributed by atoms with Crippen molar-refractivity contribution in [1.29, 1.82) is 0 Å². The number of nitrogens with zero attached hydrogens (tertiary/aromatic N) is 2. The van der Waals surface area contributed by atoms with Crippen molar-refractivity contribution in [2.45, 2.75) is 51.5 Å². The summed E-state index contributed by atoms with van der Waals surface area (Å²) in [6.45, 7) is 7.99. The van der Waals surface area contributed by atoms with Crippen LogP contribution in [0.5, 0.6) is 0 Å². The molecule has 122 valence electrons. The van der Waals surface area contributed by atoms with Gasteiger partial charge < -0.3 is 4.90 Å². The molecule has 1 atom stereocenters. The first-order valence-corrected chi connectivity index (χ1v) is 9.02. The summed E-state index contributed by atoms with van der Waals surface area (Å²) in [7, 11) is 0. The molecule has 0 saturated carbocycles. The Hall–Kier alpha value is -0.930. The molecule has 1 aromatic carbocycles. The van der Waals surface area contributed by atoms with Crippen LogP contribution in [0.2, 0.25) is 0 Å². The second-order valence-corrected chi connectivity index (χ2v) is 6.86. The number of rotatable bonds is 6. The van der Waals surface area contributed by atoms with Gasteiger partial charge >= 0.3 is 0 Å². The summed E-state index contributed by atoms with van der Waals surface area (Å²) in [6, 6.07) is 5.79. The predicted octanol–water partition coefficient (Wildman–Crippen LogP) is 4.01. The van der Waals surface area contributed by atoms with E-state index in [4.69, 9.17) is 0 Å². The number of unbranched alkanes of at least 4 members (excludes halogenated alkanes) is 4. The first kappa shape index (κ1) is 15.9. The fourth-order valence-corrected chi connectivity index (χ4v) is 3.95. The average molecular weight is 304 g/mol. The van der Waals surface area contributed by atoms with E-state index in [9.17, 15) is 4.39 Å². The molecule has 0 radical (unpaired) electrons. The minimum atomic E-state index is -0.0858. The lowest BCUT2D eigenvalue weighted by Gasteiger charge is -2.45. The Morgan fingerprint density at radius 2 is 1.95 bits per heavy atom. The number of hydrogen-bond donors (Lipinski definition) is 0. The Kier molecular flexibility index (Phi) is 5.48. The lowest BCUT2D eigenvalue weighted by atomic mass is 9.90. The number of piperazine rings is 1. The van der Waals surface area contributed by atoms with Crippen LogP contribution in [-0.4, -0.2) is 42.5 Å². The predicted molar refractivity (Wildman–Crippen MR) is 89.6 cm³/mol. The highest BCUT2D eigenvalue weighted by Crippen LogP contribution is 2.33. The fourth-order valence-electron chi connectivity index (χ4n) is 3.95. The lowest BCUT2D eigenvalue weighted by molar-refractivity contribution is 0.0661. The zero-order chi connectivity index (χ0) is 15.4. The van der Waals surface area contributed by atoms with E-state index in [1.54, 1.807) is 12.1 Å². The van der Waals surface area contributed by atoms with Gasteiger partial charge in [0.2, 0.25) is 0 Å². The molecule has 3 rings (SSSR count). The Balaban J connectivity index is 1.58. The molecule has 22 heavy (non-hydrogen) atoms. The molecule has 3 heteroatoms. The minimum absolute atomic E-state index is 0.0858. The zero-order valence-electron chi connectivity index (χ0n) is 13.9. The maximum absolute atomic E-state index is 13.6. The maximum atomic E-state index is 13.6. The molecule has 2 aliphatic rings. The molecular formula is C19H29FN2. The van der Waals surface area contributed by atoms with Gasteiger partial charge in [0.15, 0.2) is 0 Å². The zero-order valence-corrected chi connectivity index (χ0v) is 13.9. The smallest absolute Gasteiger partial charge is 0.123 e. The number of hydrogen-bond acceptors (Lipinski definition) is 2. The maximum Gasteiger partial charge on any atom is 0.123 e. The van der Waals surface area contributed by atoms with E-state index >= 15 is 0 Å².